The SMILES string of the molecule is CS(=O)(=O)N(CCCC(=O)NCCOc1ccccc1)c1cccc(Br)c1. The third-order valence-corrected chi connectivity index (χ3v) is 5.39. The Morgan fingerprint density at radius 1 is 1.15 bits per heavy atom. The summed E-state index contributed by atoms with van der Waals surface area (Å²) in [6, 6.07) is 16.4. The molecule has 0 radical (unpaired) electrons. The van der Waals surface area contributed by atoms with Crippen molar-refractivity contribution in [1.82, 2.24) is 5.32 Å². The minimum atomic E-state index is -3.42. The van der Waals surface area contributed by atoms with E-state index < -0.39 is 10.0 Å². The minimum absolute atomic E-state index is 0.130. The van der Waals surface area contributed by atoms with Gasteiger partial charge in [-0.3, -0.25) is 9.10 Å². The summed E-state index contributed by atoms with van der Waals surface area (Å²) in [6.45, 7) is 1.02. The van der Waals surface area contributed by atoms with E-state index in [9.17, 15) is 13.2 Å². The van der Waals surface area contributed by atoms with Crippen molar-refractivity contribution in [2.24, 2.45) is 0 Å². The Bertz CT molecular complexity index is 844. The van der Waals surface area contributed by atoms with Crippen molar-refractivity contribution in [1.29, 1.82) is 0 Å². The van der Waals surface area contributed by atoms with E-state index in [4.69, 9.17) is 4.74 Å². The van der Waals surface area contributed by atoms with E-state index in [0.29, 0.717) is 25.3 Å². The molecule has 1 amide bonds. The van der Waals surface area contributed by atoms with Gasteiger partial charge in [0.25, 0.3) is 0 Å². The van der Waals surface area contributed by atoms with Crippen LogP contribution in [0.4, 0.5) is 5.69 Å². The van der Waals surface area contributed by atoms with Gasteiger partial charge < -0.3 is 10.1 Å². The molecule has 0 aliphatic heterocycles. The zero-order valence-electron chi connectivity index (χ0n) is 15.1. The smallest absolute Gasteiger partial charge is 0.232 e. The van der Waals surface area contributed by atoms with Crippen LogP contribution in [0.1, 0.15) is 12.8 Å². The van der Waals surface area contributed by atoms with Crippen molar-refractivity contribution in [2.75, 3.05) is 30.3 Å². The van der Waals surface area contributed by atoms with Crippen LogP contribution in [-0.4, -0.2) is 40.3 Å². The first-order valence-electron chi connectivity index (χ1n) is 8.54. The number of hydrogen-bond acceptors (Lipinski definition) is 4. The maximum atomic E-state index is 12.1. The maximum absolute atomic E-state index is 12.1. The summed E-state index contributed by atoms with van der Waals surface area (Å²) in [5, 5.41) is 2.77. The molecule has 0 unspecified atom stereocenters. The lowest BCUT2D eigenvalue weighted by atomic mass is 10.2. The number of ether oxygens (including phenoxy) is 1. The van der Waals surface area contributed by atoms with Crippen molar-refractivity contribution >= 4 is 37.5 Å². The van der Waals surface area contributed by atoms with Gasteiger partial charge in [-0.2, -0.15) is 0 Å². The van der Waals surface area contributed by atoms with Crippen molar-refractivity contribution in [2.45, 2.75) is 12.8 Å². The number of sulfonamides is 1. The number of carbonyl (C=O) groups is 1. The zero-order chi connectivity index (χ0) is 19.7. The average Bonchev–Trinajstić information content (AvgIpc) is 2.62. The van der Waals surface area contributed by atoms with E-state index in [-0.39, 0.29) is 18.9 Å². The first-order chi connectivity index (χ1) is 12.9. The molecule has 0 heterocycles. The molecule has 2 aromatic rings. The molecule has 0 atom stereocenters. The van der Waals surface area contributed by atoms with Gasteiger partial charge in [-0.1, -0.05) is 40.2 Å². The Hall–Kier alpha value is -2.06. The quantitative estimate of drug-likeness (QED) is 0.559. The molecule has 2 aromatic carbocycles. The summed E-state index contributed by atoms with van der Waals surface area (Å²) < 4.78 is 31.7. The normalized spacial score (nSPS) is 11.0. The summed E-state index contributed by atoms with van der Waals surface area (Å²) in [7, 11) is -3.42. The van der Waals surface area contributed by atoms with E-state index in [1.807, 2.05) is 36.4 Å². The van der Waals surface area contributed by atoms with Gasteiger partial charge in [-0.05, 0) is 36.8 Å². The summed E-state index contributed by atoms with van der Waals surface area (Å²) >= 11 is 3.34. The van der Waals surface area contributed by atoms with Crippen LogP contribution in [0.2, 0.25) is 0 Å². The minimum Gasteiger partial charge on any atom is -0.492 e. The number of nitrogens with zero attached hydrogens (tertiary/aromatic N) is 1. The van der Waals surface area contributed by atoms with Crippen LogP contribution in [-0.2, 0) is 14.8 Å². The molecule has 6 nitrogen and oxygen atoms in total. The largest absolute Gasteiger partial charge is 0.492 e. The standard InChI is InChI=1S/C19H23BrN2O4S/c1-27(24,25)22(17-8-5-7-16(20)15-17)13-6-11-19(23)21-12-14-26-18-9-3-2-4-10-18/h2-5,7-10,15H,6,11-14H2,1H3,(H,21,23). The van der Waals surface area contributed by atoms with Crippen LogP contribution in [0.25, 0.3) is 0 Å². The molecular weight excluding hydrogens is 432 g/mol. The Morgan fingerprint density at radius 2 is 1.89 bits per heavy atom. The van der Waals surface area contributed by atoms with Gasteiger partial charge in [0.15, 0.2) is 0 Å². The molecule has 0 aliphatic rings. The number of hydrogen-bond donors (Lipinski definition) is 1. The third-order valence-electron chi connectivity index (χ3n) is 3.70. The molecule has 0 spiro atoms. The van der Waals surface area contributed by atoms with Gasteiger partial charge in [0.1, 0.15) is 12.4 Å². The lowest BCUT2D eigenvalue weighted by molar-refractivity contribution is -0.121. The lowest BCUT2D eigenvalue weighted by Crippen LogP contribution is -2.32. The highest BCUT2D eigenvalue weighted by Crippen LogP contribution is 2.22. The molecule has 0 aliphatic carbocycles. The van der Waals surface area contributed by atoms with Gasteiger partial charge >= 0.3 is 0 Å². The summed E-state index contributed by atoms with van der Waals surface area (Å²) in [4.78, 5) is 11.9. The summed E-state index contributed by atoms with van der Waals surface area (Å²) in [6.07, 6.45) is 1.82. The van der Waals surface area contributed by atoms with E-state index >= 15 is 0 Å². The number of benzene rings is 2. The highest BCUT2D eigenvalue weighted by Gasteiger charge is 2.17. The Labute approximate surface area is 168 Å². The number of rotatable bonds is 10. The van der Waals surface area contributed by atoms with E-state index in [1.54, 1.807) is 18.2 Å². The van der Waals surface area contributed by atoms with Crippen LogP contribution < -0.4 is 14.4 Å². The van der Waals surface area contributed by atoms with Crippen LogP contribution in [0.5, 0.6) is 5.75 Å². The number of anilines is 1. The molecule has 8 heteroatoms. The second-order valence-electron chi connectivity index (χ2n) is 5.93. The molecule has 0 saturated carbocycles. The van der Waals surface area contributed by atoms with Gasteiger partial charge in [0, 0.05) is 17.4 Å². The molecule has 0 saturated heterocycles. The first-order valence-corrected chi connectivity index (χ1v) is 11.2. The first kappa shape index (κ1) is 21.2. The predicted octanol–water partition coefficient (Wildman–Crippen LogP) is 3.19. The second kappa shape index (κ2) is 10.3. The molecule has 146 valence electrons. The summed E-state index contributed by atoms with van der Waals surface area (Å²) in [5.74, 6) is 0.624. The molecule has 0 aromatic heterocycles. The van der Waals surface area contributed by atoms with Crippen LogP contribution in [0.15, 0.2) is 59.1 Å². The Morgan fingerprint density at radius 3 is 2.56 bits per heavy atom. The second-order valence-corrected chi connectivity index (χ2v) is 8.75. The molecule has 2 rings (SSSR count). The van der Waals surface area contributed by atoms with Crippen molar-refractivity contribution < 1.29 is 17.9 Å². The zero-order valence-corrected chi connectivity index (χ0v) is 17.5. The van der Waals surface area contributed by atoms with Gasteiger partial charge in [0.2, 0.25) is 15.9 Å². The molecule has 0 bridgehead atoms. The fraction of sp³-hybridized carbons (Fsp3) is 0.316. The molecule has 27 heavy (non-hydrogen) atoms. The lowest BCUT2D eigenvalue weighted by Gasteiger charge is -2.22. The number of nitrogens with one attached hydrogen (secondary N) is 1. The van der Waals surface area contributed by atoms with Gasteiger partial charge in [-0.15, -0.1) is 0 Å². The van der Waals surface area contributed by atoms with Crippen molar-refractivity contribution in [3.8, 4) is 5.75 Å². The molecule has 1 N–H and O–H groups in total. The van der Waals surface area contributed by atoms with Crippen LogP contribution in [0.3, 0.4) is 0 Å². The average molecular weight is 455 g/mol. The molecule has 0 fully saturated rings. The maximum Gasteiger partial charge on any atom is 0.232 e. The number of halogens is 1. The fourth-order valence-corrected chi connectivity index (χ4v) is 3.81. The van der Waals surface area contributed by atoms with E-state index in [1.165, 1.54) is 4.31 Å². The number of amides is 1. The highest BCUT2D eigenvalue weighted by atomic mass is 79.9. The Kier molecular flexibility index (Phi) is 8.12. The predicted molar refractivity (Wildman–Crippen MR) is 111 cm³/mol. The fourth-order valence-electron chi connectivity index (χ4n) is 2.47. The summed E-state index contributed by atoms with van der Waals surface area (Å²) in [5.41, 5.74) is 0.573. The van der Waals surface area contributed by atoms with Crippen molar-refractivity contribution in [3.63, 3.8) is 0 Å². The van der Waals surface area contributed by atoms with Crippen LogP contribution in [0, 0.1) is 0 Å². The third kappa shape index (κ3) is 7.60. The van der Waals surface area contributed by atoms with E-state index in [0.717, 1.165) is 16.5 Å². The number of para-hydroxylation sites is 1. The van der Waals surface area contributed by atoms with Gasteiger partial charge in [-0.25, -0.2) is 8.42 Å². The van der Waals surface area contributed by atoms with Gasteiger partial charge in [0.05, 0.1) is 18.5 Å². The van der Waals surface area contributed by atoms with Crippen LogP contribution >= 0.6 is 15.9 Å². The number of carbonyl (C=O) groups excluding carboxylic acids is 1. The topological polar surface area (TPSA) is 75.7 Å². The highest BCUT2D eigenvalue weighted by molar-refractivity contribution is 9.10. The molecular formula is C19H23BrN2O4S. The van der Waals surface area contributed by atoms with E-state index in [2.05, 4.69) is 21.2 Å². The van der Waals surface area contributed by atoms with Crippen molar-refractivity contribution in [3.05, 3.63) is 59.1 Å². The monoisotopic (exact) mass is 454 g/mol. The Balaban J connectivity index is 1.75.